The third-order valence-corrected chi connectivity index (χ3v) is 9.08. The Kier molecular flexibility index (Phi) is 5.44. The lowest BCUT2D eigenvalue weighted by Gasteiger charge is -2.26. The van der Waals surface area contributed by atoms with Crippen LogP contribution in [0, 0.1) is 5.92 Å². The first-order chi connectivity index (χ1) is 13.3. The average molecular weight is 422 g/mol. The number of fused-ring (bicyclic) bond motifs is 1. The minimum atomic E-state index is -3.05. The number of aliphatic imine (C=N–C) groups is 1. The number of anilines is 2. The van der Waals surface area contributed by atoms with Gasteiger partial charge in [0.1, 0.15) is 0 Å². The molecule has 3 fully saturated rings. The summed E-state index contributed by atoms with van der Waals surface area (Å²) in [6, 6.07) is 7.85. The largest absolute Gasteiger partial charge is 0.378 e. The Morgan fingerprint density at radius 1 is 1.11 bits per heavy atom. The van der Waals surface area contributed by atoms with E-state index < -0.39 is 9.84 Å². The zero-order chi connectivity index (χ0) is 19.9. The minimum absolute atomic E-state index is 0.0176. The van der Waals surface area contributed by atoms with Gasteiger partial charge in [0.15, 0.2) is 15.0 Å². The Morgan fingerprint density at radius 3 is 2.43 bits per heavy atom. The van der Waals surface area contributed by atoms with Gasteiger partial charge >= 0.3 is 0 Å². The summed E-state index contributed by atoms with van der Waals surface area (Å²) in [6.45, 7) is 0. The molecule has 8 heteroatoms. The number of hydrogen-bond donors (Lipinski definition) is 0. The summed E-state index contributed by atoms with van der Waals surface area (Å²) in [4.78, 5) is 21.3. The number of carbonyl (C=O) groups is 1. The van der Waals surface area contributed by atoms with Gasteiger partial charge in [0, 0.05) is 36.6 Å². The molecular weight excluding hydrogens is 394 g/mol. The molecule has 1 aromatic carbocycles. The molecule has 2 heterocycles. The molecule has 1 saturated carbocycles. The molecule has 152 valence electrons. The third kappa shape index (κ3) is 3.94. The van der Waals surface area contributed by atoms with Gasteiger partial charge in [-0.25, -0.2) is 8.42 Å². The van der Waals surface area contributed by atoms with Crippen LogP contribution in [0.1, 0.15) is 32.1 Å². The predicted molar refractivity (Wildman–Crippen MR) is 116 cm³/mol. The minimum Gasteiger partial charge on any atom is -0.378 e. The van der Waals surface area contributed by atoms with E-state index in [1.165, 1.54) is 18.2 Å². The molecule has 0 spiro atoms. The highest BCUT2D eigenvalue weighted by Crippen LogP contribution is 2.41. The molecule has 1 aromatic rings. The standard InChI is InChI=1S/C20H27N3O3S2/c1-22(2)15-8-10-16(11-9-15)23-17-12-28(25,26)13-18(17)27-20(23)21-19(24)14-6-4-3-5-7-14/h8-11,14,17-18H,3-7,12-13H2,1-2H3/t17-,18+/m0/s1. The molecule has 0 unspecified atom stereocenters. The first-order valence-corrected chi connectivity index (χ1v) is 12.6. The normalized spacial score (nSPS) is 28.5. The molecule has 3 aliphatic rings. The van der Waals surface area contributed by atoms with Gasteiger partial charge in [-0.3, -0.25) is 4.79 Å². The van der Waals surface area contributed by atoms with Gasteiger partial charge in [-0.1, -0.05) is 31.0 Å². The topological polar surface area (TPSA) is 70.0 Å². The molecule has 28 heavy (non-hydrogen) atoms. The highest BCUT2D eigenvalue weighted by Gasteiger charge is 2.49. The van der Waals surface area contributed by atoms with E-state index >= 15 is 0 Å². The van der Waals surface area contributed by atoms with Crippen LogP contribution in [0.15, 0.2) is 29.3 Å². The number of thioether (sulfide) groups is 1. The number of carbonyl (C=O) groups excluding carboxylic acids is 1. The fourth-order valence-corrected chi connectivity index (χ4v) is 8.23. The van der Waals surface area contributed by atoms with Gasteiger partial charge in [0.25, 0.3) is 5.91 Å². The Morgan fingerprint density at radius 2 is 1.79 bits per heavy atom. The number of hydrogen-bond acceptors (Lipinski definition) is 5. The molecule has 2 saturated heterocycles. The van der Waals surface area contributed by atoms with Crippen molar-refractivity contribution in [1.29, 1.82) is 0 Å². The SMILES string of the molecule is CN(C)c1ccc(N2C(=NC(=O)C3CCCCC3)S[C@@H]3CS(=O)(=O)C[C@@H]32)cc1. The highest BCUT2D eigenvalue weighted by atomic mass is 32.2. The second-order valence-corrected chi connectivity index (χ2v) is 11.5. The van der Waals surface area contributed by atoms with Gasteiger partial charge < -0.3 is 9.80 Å². The van der Waals surface area contributed by atoms with Crippen molar-refractivity contribution in [3.8, 4) is 0 Å². The first kappa shape index (κ1) is 19.8. The van der Waals surface area contributed by atoms with Crippen LogP contribution in [-0.4, -0.2) is 56.4 Å². The molecule has 1 aliphatic carbocycles. The van der Waals surface area contributed by atoms with E-state index in [1.54, 1.807) is 0 Å². The second-order valence-electron chi connectivity index (χ2n) is 8.15. The number of benzene rings is 1. The number of amides is 1. The summed E-state index contributed by atoms with van der Waals surface area (Å²) in [7, 11) is 0.913. The van der Waals surface area contributed by atoms with Crippen LogP contribution in [0.5, 0.6) is 0 Å². The molecule has 0 N–H and O–H groups in total. The maximum atomic E-state index is 12.8. The molecular formula is C20H27N3O3S2. The molecule has 0 aromatic heterocycles. The van der Waals surface area contributed by atoms with Crippen molar-refractivity contribution in [3.63, 3.8) is 0 Å². The van der Waals surface area contributed by atoms with Gasteiger partial charge in [0.2, 0.25) is 0 Å². The summed E-state index contributed by atoms with van der Waals surface area (Å²) in [6.07, 6.45) is 5.21. The van der Waals surface area contributed by atoms with Crippen LogP contribution < -0.4 is 9.80 Å². The van der Waals surface area contributed by atoms with E-state index in [-0.39, 0.29) is 34.6 Å². The number of amidine groups is 1. The van der Waals surface area contributed by atoms with E-state index in [2.05, 4.69) is 4.99 Å². The molecule has 1 amide bonds. The number of rotatable bonds is 3. The van der Waals surface area contributed by atoms with Crippen LogP contribution in [0.4, 0.5) is 11.4 Å². The van der Waals surface area contributed by atoms with E-state index in [1.807, 2.05) is 48.2 Å². The second kappa shape index (κ2) is 7.71. The molecule has 6 nitrogen and oxygen atoms in total. The zero-order valence-electron chi connectivity index (χ0n) is 16.4. The first-order valence-electron chi connectivity index (χ1n) is 9.90. The Labute approximate surface area is 171 Å². The molecule has 4 rings (SSSR count). The lowest BCUT2D eigenvalue weighted by atomic mass is 9.89. The number of nitrogens with zero attached hydrogens (tertiary/aromatic N) is 3. The summed E-state index contributed by atoms with van der Waals surface area (Å²) in [5.41, 5.74) is 1.97. The zero-order valence-corrected chi connectivity index (χ0v) is 18.0. The molecule has 0 radical (unpaired) electrons. The molecule has 0 bridgehead atoms. The van der Waals surface area contributed by atoms with Gasteiger partial charge in [-0.05, 0) is 37.1 Å². The summed E-state index contributed by atoms with van der Waals surface area (Å²) in [5.74, 6) is 0.256. The third-order valence-electron chi connectivity index (χ3n) is 5.87. The summed E-state index contributed by atoms with van der Waals surface area (Å²) in [5, 5.41) is 0.606. The van der Waals surface area contributed by atoms with Gasteiger partial charge in [0.05, 0.1) is 17.5 Å². The van der Waals surface area contributed by atoms with Gasteiger partial charge in [-0.2, -0.15) is 4.99 Å². The number of sulfone groups is 1. The van der Waals surface area contributed by atoms with Crippen molar-refractivity contribution >= 4 is 44.0 Å². The van der Waals surface area contributed by atoms with E-state index in [0.29, 0.717) is 5.17 Å². The van der Waals surface area contributed by atoms with Crippen LogP contribution in [0.2, 0.25) is 0 Å². The predicted octanol–water partition coefficient (Wildman–Crippen LogP) is 2.93. The average Bonchev–Trinajstić information content (AvgIpc) is 3.13. The monoisotopic (exact) mass is 421 g/mol. The maximum Gasteiger partial charge on any atom is 0.251 e. The summed E-state index contributed by atoms with van der Waals surface area (Å²) < 4.78 is 24.4. The fourth-order valence-electron chi connectivity index (χ4n) is 4.31. The molecule has 2 atom stereocenters. The van der Waals surface area contributed by atoms with Crippen LogP contribution in [-0.2, 0) is 14.6 Å². The van der Waals surface area contributed by atoms with Crippen molar-refractivity contribution in [2.24, 2.45) is 10.9 Å². The fraction of sp³-hybridized carbons (Fsp3) is 0.600. The maximum absolute atomic E-state index is 12.8. The lowest BCUT2D eigenvalue weighted by Crippen LogP contribution is -2.38. The van der Waals surface area contributed by atoms with E-state index in [9.17, 15) is 13.2 Å². The van der Waals surface area contributed by atoms with Crippen molar-refractivity contribution < 1.29 is 13.2 Å². The summed E-state index contributed by atoms with van der Waals surface area (Å²) >= 11 is 1.45. The lowest BCUT2D eigenvalue weighted by molar-refractivity contribution is -0.122. The van der Waals surface area contributed by atoms with E-state index in [4.69, 9.17) is 0 Å². The van der Waals surface area contributed by atoms with Gasteiger partial charge in [-0.15, -0.1) is 0 Å². The van der Waals surface area contributed by atoms with Crippen LogP contribution >= 0.6 is 11.8 Å². The van der Waals surface area contributed by atoms with Crippen molar-refractivity contribution in [1.82, 2.24) is 0 Å². The Bertz CT molecular complexity index is 874. The Hall–Kier alpha value is -1.54. The van der Waals surface area contributed by atoms with Crippen molar-refractivity contribution in [2.45, 2.75) is 43.4 Å². The van der Waals surface area contributed by atoms with Crippen molar-refractivity contribution in [2.75, 3.05) is 35.4 Å². The highest BCUT2D eigenvalue weighted by molar-refractivity contribution is 8.16. The van der Waals surface area contributed by atoms with E-state index in [0.717, 1.165) is 37.1 Å². The quantitative estimate of drug-likeness (QED) is 0.747. The van der Waals surface area contributed by atoms with Crippen molar-refractivity contribution in [3.05, 3.63) is 24.3 Å². The molecule has 2 aliphatic heterocycles. The Balaban J connectivity index is 1.65. The van der Waals surface area contributed by atoms with Crippen LogP contribution in [0.25, 0.3) is 0 Å². The van der Waals surface area contributed by atoms with Crippen LogP contribution in [0.3, 0.4) is 0 Å². The smallest absolute Gasteiger partial charge is 0.251 e.